The van der Waals surface area contributed by atoms with Gasteiger partial charge in [0.25, 0.3) is 0 Å². The third-order valence-corrected chi connectivity index (χ3v) is 3.77. The summed E-state index contributed by atoms with van der Waals surface area (Å²) in [5, 5.41) is 2.55. The van der Waals surface area contributed by atoms with Crippen LogP contribution in [0, 0.1) is 5.82 Å². The Labute approximate surface area is 148 Å². The number of anilines is 3. The van der Waals surface area contributed by atoms with Crippen LogP contribution in [0.4, 0.5) is 22.0 Å². The predicted molar refractivity (Wildman–Crippen MR) is 90.8 cm³/mol. The molecule has 26 heavy (non-hydrogen) atoms. The van der Waals surface area contributed by atoms with Crippen molar-refractivity contribution < 1.29 is 18.7 Å². The highest BCUT2D eigenvalue weighted by atomic mass is 19.1. The average molecular weight is 360 g/mol. The molecule has 3 N–H and O–H groups in total. The summed E-state index contributed by atoms with van der Waals surface area (Å²) >= 11 is 0. The maximum Gasteiger partial charge on any atom is 0.314 e. The summed E-state index contributed by atoms with van der Waals surface area (Å²) in [5.41, 5.74) is 6.39. The summed E-state index contributed by atoms with van der Waals surface area (Å²) in [4.78, 5) is 37.9. The Hall–Kier alpha value is -3.30. The molecule has 9 nitrogen and oxygen atoms in total. The van der Waals surface area contributed by atoms with E-state index in [1.54, 1.807) is 19.0 Å². The summed E-state index contributed by atoms with van der Waals surface area (Å²) in [6.45, 7) is -0.221. The second-order valence-corrected chi connectivity index (χ2v) is 5.95. The van der Waals surface area contributed by atoms with Crippen LogP contribution >= 0.6 is 0 Å². The highest BCUT2D eigenvalue weighted by molar-refractivity contribution is 5.99. The molecule has 0 spiro atoms. The zero-order valence-electron chi connectivity index (χ0n) is 14.2. The molecule has 3 rings (SSSR count). The lowest BCUT2D eigenvalue weighted by Crippen LogP contribution is -2.28. The van der Waals surface area contributed by atoms with Gasteiger partial charge in [0.1, 0.15) is 5.82 Å². The Morgan fingerprint density at radius 3 is 2.88 bits per heavy atom. The van der Waals surface area contributed by atoms with E-state index in [9.17, 15) is 14.0 Å². The predicted octanol–water partition coefficient (Wildman–Crippen LogP) is 0.828. The Bertz CT molecular complexity index is 873. The summed E-state index contributed by atoms with van der Waals surface area (Å²) in [5.74, 6) is -1.81. The van der Waals surface area contributed by atoms with E-state index in [2.05, 4.69) is 20.3 Å². The van der Waals surface area contributed by atoms with Crippen molar-refractivity contribution in [3.05, 3.63) is 35.4 Å². The first-order valence-corrected chi connectivity index (χ1v) is 7.77. The van der Waals surface area contributed by atoms with Gasteiger partial charge in [0, 0.05) is 26.2 Å². The van der Waals surface area contributed by atoms with Gasteiger partial charge in [-0.15, -0.1) is 0 Å². The number of fused-ring (bicyclic) bond motifs is 1. The molecule has 0 saturated carbocycles. The third-order valence-electron chi connectivity index (χ3n) is 3.77. The molecule has 2 aromatic rings. The molecule has 1 aromatic heterocycles. The number of nitrogens with one attached hydrogen (secondary N) is 1. The lowest BCUT2D eigenvalue weighted by Gasteiger charge is -2.24. The minimum atomic E-state index is -0.827. The van der Waals surface area contributed by atoms with E-state index in [4.69, 9.17) is 10.5 Å². The molecule has 1 aliphatic rings. The van der Waals surface area contributed by atoms with E-state index in [1.807, 2.05) is 0 Å². The number of nitrogens with zero attached hydrogens (tertiary/aromatic N) is 4. The number of nitrogen functional groups attached to an aromatic ring is 1. The normalized spacial score (nSPS) is 15.8. The van der Waals surface area contributed by atoms with Gasteiger partial charge in [-0.3, -0.25) is 9.59 Å². The van der Waals surface area contributed by atoms with Gasteiger partial charge in [-0.25, -0.2) is 4.39 Å². The van der Waals surface area contributed by atoms with E-state index < -0.39 is 17.7 Å². The van der Waals surface area contributed by atoms with Gasteiger partial charge in [-0.2, -0.15) is 15.0 Å². The van der Waals surface area contributed by atoms with Crippen LogP contribution < -0.4 is 16.0 Å². The number of benzene rings is 1. The SMILES string of the molecule is CN(C)c1nc(N)nc(COC(=O)[C@@H]2CC(=O)Nc3cc(F)ccc32)n1. The van der Waals surface area contributed by atoms with Gasteiger partial charge in [-0.1, -0.05) is 6.07 Å². The van der Waals surface area contributed by atoms with Crippen molar-refractivity contribution in [1.29, 1.82) is 0 Å². The van der Waals surface area contributed by atoms with Gasteiger partial charge >= 0.3 is 5.97 Å². The molecule has 1 aromatic carbocycles. The maximum absolute atomic E-state index is 13.4. The fourth-order valence-electron chi connectivity index (χ4n) is 2.57. The summed E-state index contributed by atoms with van der Waals surface area (Å²) in [6, 6.07) is 3.86. The first kappa shape index (κ1) is 17.5. The second-order valence-electron chi connectivity index (χ2n) is 5.95. The van der Waals surface area contributed by atoms with Gasteiger partial charge in [0.05, 0.1) is 5.92 Å². The van der Waals surface area contributed by atoms with Crippen LogP contribution in [0.25, 0.3) is 0 Å². The van der Waals surface area contributed by atoms with Crippen LogP contribution in [-0.4, -0.2) is 40.9 Å². The number of ether oxygens (including phenoxy) is 1. The first-order chi connectivity index (χ1) is 12.3. The molecule has 1 amide bonds. The number of rotatable bonds is 4. The molecule has 2 heterocycles. The molecule has 10 heteroatoms. The molecule has 136 valence electrons. The van der Waals surface area contributed by atoms with Crippen LogP contribution in [0.2, 0.25) is 0 Å². The number of nitrogens with two attached hydrogens (primary N) is 1. The summed E-state index contributed by atoms with van der Waals surface area (Å²) in [6.07, 6.45) is -0.0836. The standard InChI is InChI=1S/C16H17FN6O3/c1-23(2)16-21-12(20-15(18)22-16)7-26-14(25)10-6-13(24)19-11-5-8(17)3-4-9(10)11/h3-5,10H,6-7H2,1-2H3,(H,19,24)(H2,18,20,21,22)/t10-/m1/s1. The molecule has 1 atom stereocenters. The molecular formula is C16H17FN6O3. The number of halogens is 1. The van der Waals surface area contributed by atoms with Crippen molar-refractivity contribution in [2.45, 2.75) is 18.9 Å². The van der Waals surface area contributed by atoms with Crippen LogP contribution in [-0.2, 0) is 20.9 Å². The van der Waals surface area contributed by atoms with Gasteiger partial charge < -0.3 is 20.7 Å². The number of carbonyl (C=O) groups excluding carboxylic acids is 2. The second kappa shape index (κ2) is 6.90. The molecule has 1 aliphatic heterocycles. The molecule has 0 aliphatic carbocycles. The van der Waals surface area contributed by atoms with Crippen molar-refractivity contribution in [2.24, 2.45) is 0 Å². The Kier molecular flexibility index (Phi) is 4.65. The maximum atomic E-state index is 13.4. The number of carbonyl (C=O) groups is 2. The molecule has 0 unspecified atom stereocenters. The number of aromatic nitrogens is 3. The topological polar surface area (TPSA) is 123 Å². The molecular weight excluding hydrogens is 343 g/mol. The molecule has 0 fully saturated rings. The van der Waals surface area contributed by atoms with Crippen LogP contribution in [0.1, 0.15) is 23.7 Å². The van der Waals surface area contributed by atoms with Crippen LogP contribution in [0.3, 0.4) is 0 Å². The fourth-order valence-corrected chi connectivity index (χ4v) is 2.57. The van der Waals surface area contributed by atoms with Crippen LogP contribution in [0.5, 0.6) is 0 Å². The van der Waals surface area contributed by atoms with Crippen molar-refractivity contribution in [3.8, 4) is 0 Å². The van der Waals surface area contributed by atoms with Crippen LogP contribution in [0.15, 0.2) is 18.2 Å². The monoisotopic (exact) mass is 360 g/mol. The third kappa shape index (κ3) is 3.68. The molecule has 0 saturated heterocycles. The van der Waals surface area contributed by atoms with E-state index in [1.165, 1.54) is 18.2 Å². The number of esters is 1. The number of amides is 1. The lowest BCUT2D eigenvalue weighted by molar-refractivity contribution is -0.148. The van der Waals surface area contributed by atoms with E-state index in [0.717, 1.165) is 0 Å². The Morgan fingerprint density at radius 1 is 1.38 bits per heavy atom. The van der Waals surface area contributed by atoms with Crippen molar-refractivity contribution in [1.82, 2.24) is 15.0 Å². The number of hydrogen-bond acceptors (Lipinski definition) is 8. The minimum Gasteiger partial charge on any atom is -0.457 e. The van der Waals surface area contributed by atoms with Gasteiger partial charge in [0.15, 0.2) is 12.4 Å². The molecule has 0 bridgehead atoms. The van der Waals surface area contributed by atoms with E-state index in [0.29, 0.717) is 11.5 Å². The smallest absolute Gasteiger partial charge is 0.314 e. The summed E-state index contributed by atoms with van der Waals surface area (Å²) < 4.78 is 18.6. The van der Waals surface area contributed by atoms with Crippen molar-refractivity contribution in [3.63, 3.8) is 0 Å². The number of hydrogen-bond donors (Lipinski definition) is 2. The van der Waals surface area contributed by atoms with E-state index >= 15 is 0 Å². The van der Waals surface area contributed by atoms with E-state index in [-0.39, 0.29) is 36.4 Å². The average Bonchev–Trinajstić information content (AvgIpc) is 2.58. The minimum absolute atomic E-state index is 0.00705. The van der Waals surface area contributed by atoms with Crippen molar-refractivity contribution >= 4 is 29.5 Å². The van der Waals surface area contributed by atoms with Crippen molar-refractivity contribution in [2.75, 3.05) is 30.0 Å². The fraction of sp³-hybridized carbons (Fsp3) is 0.312. The zero-order valence-corrected chi connectivity index (χ0v) is 14.2. The van der Waals surface area contributed by atoms with Gasteiger partial charge in [-0.05, 0) is 17.7 Å². The highest BCUT2D eigenvalue weighted by Crippen LogP contribution is 2.33. The Morgan fingerprint density at radius 2 is 2.15 bits per heavy atom. The first-order valence-electron chi connectivity index (χ1n) is 7.77. The zero-order chi connectivity index (χ0) is 18.8. The molecule has 0 radical (unpaired) electrons. The Balaban J connectivity index is 1.76. The summed E-state index contributed by atoms with van der Waals surface area (Å²) in [7, 11) is 3.47. The van der Waals surface area contributed by atoms with Gasteiger partial charge in [0.2, 0.25) is 17.8 Å². The quantitative estimate of drug-likeness (QED) is 0.769. The largest absolute Gasteiger partial charge is 0.457 e. The highest BCUT2D eigenvalue weighted by Gasteiger charge is 2.32. The lowest BCUT2D eigenvalue weighted by atomic mass is 9.90.